The van der Waals surface area contributed by atoms with Gasteiger partial charge in [0.05, 0.1) is 0 Å². The van der Waals surface area contributed by atoms with E-state index in [9.17, 15) is 8.78 Å². The highest BCUT2D eigenvalue weighted by Crippen LogP contribution is 2.45. The Morgan fingerprint density at radius 2 is 1.76 bits per heavy atom. The van der Waals surface area contributed by atoms with Gasteiger partial charge in [-0.1, -0.05) is 12.5 Å². The lowest BCUT2D eigenvalue weighted by Gasteiger charge is -2.26. The zero-order valence-electron chi connectivity index (χ0n) is 9.83. The fourth-order valence-corrected chi connectivity index (χ4v) is 2.94. The normalized spacial score (nSPS) is 29.3. The molecule has 92 valence electrons. The van der Waals surface area contributed by atoms with Gasteiger partial charge in [0.15, 0.2) is 11.6 Å². The van der Waals surface area contributed by atoms with Crippen molar-refractivity contribution in [2.24, 2.45) is 0 Å². The average molecular weight is 237 g/mol. The largest absolute Gasteiger partial charge is 0.300 e. The van der Waals surface area contributed by atoms with E-state index in [-0.39, 0.29) is 0 Å². The topological polar surface area (TPSA) is 3.24 Å². The SMILES string of the molecule is Fc1ccc([C@@H]2C[C@H]2N2CCCCC2)cc1F. The second-order valence-corrected chi connectivity index (χ2v) is 5.18. The van der Waals surface area contributed by atoms with E-state index in [1.807, 2.05) is 0 Å². The van der Waals surface area contributed by atoms with Gasteiger partial charge in [0, 0.05) is 12.0 Å². The van der Waals surface area contributed by atoms with Crippen LogP contribution in [-0.2, 0) is 0 Å². The van der Waals surface area contributed by atoms with E-state index in [0.29, 0.717) is 12.0 Å². The molecule has 1 aromatic rings. The van der Waals surface area contributed by atoms with Gasteiger partial charge >= 0.3 is 0 Å². The Balaban J connectivity index is 1.68. The van der Waals surface area contributed by atoms with Gasteiger partial charge in [-0.25, -0.2) is 8.78 Å². The van der Waals surface area contributed by atoms with Crippen LogP contribution in [0.25, 0.3) is 0 Å². The average Bonchev–Trinajstić information content (AvgIpc) is 3.14. The molecule has 3 heteroatoms. The van der Waals surface area contributed by atoms with Gasteiger partial charge in [-0.15, -0.1) is 0 Å². The van der Waals surface area contributed by atoms with Crippen LogP contribution in [0.15, 0.2) is 18.2 Å². The fourth-order valence-electron chi connectivity index (χ4n) is 2.94. The first-order valence-corrected chi connectivity index (χ1v) is 6.45. The first-order valence-electron chi connectivity index (χ1n) is 6.45. The second kappa shape index (κ2) is 4.37. The first-order chi connectivity index (χ1) is 8.25. The minimum absolute atomic E-state index is 0.420. The summed E-state index contributed by atoms with van der Waals surface area (Å²) in [6.45, 7) is 2.34. The summed E-state index contributed by atoms with van der Waals surface area (Å²) in [5.41, 5.74) is 0.958. The molecule has 3 rings (SSSR count). The van der Waals surface area contributed by atoms with Gasteiger partial charge in [0.1, 0.15) is 0 Å². The van der Waals surface area contributed by atoms with E-state index in [4.69, 9.17) is 0 Å². The molecular formula is C14H17F2N. The molecule has 2 atom stereocenters. The smallest absolute Gasteiger partial charge is 0.159 e. The molecule has 1 aliphatic carbocycles. The van der Waals surface area contributed by atoms with E-state index in [2.05, 4.69) is 4.90 Å². The van der Waals surface area contributed by atoms with Gasteiger partial charge in [-0.2, -0.15) is 0 Å². The Labute approximate surface area is 100 Å². The molecule has 1 aliphatic heterocycles. The van der Waals surface area contributed by atoms with Gasteiger partial charge in [-0.05, 0) is 50.0 Å². The van der Waals surface area contributed by atoms with Crippen molar-refractivity contribution in [1.29, 1.82) is 0 Å². The van der Waals surface area contributed by atoms with Crippen molar-refractivity contribution in [3.05, 3.63) is 35.4 Å². The van der Waals surface area contributed by atoms with Crippen molar-refractivity contribution < 1.29 is 8.78 Å². The molecule has 2 aliphatic rings. The monoisotopic (exact) mass is 237 g/mol. The van der Waals surface area contributed by atoms with Crippen molar-refractivity contribution in [1.82, 2.24) is 4.90 Å². The lowest BCUT2D eigenvalue weighted by Crippen LogP contribution is -2.32. The van der Waals surface area contributed by atoms with E-state index < -0.39 is 11.6 Å². The van der Waals surface area contributed by atoms with E-state index in [0.717, 1.165) is 12.0 Å². The van der Waals surface area contributed by atoms with E-state index in [1.165, 1.54) is 44.5 Å². The molecule has 2 fully saturated rings. The predicted octanol–water partition coefficient (Wildman–Crippen LogP) is 3.31. The molecule has 1 aromatic carbocycles. The number of halogens is 2. The van der Waals surface area contributed by atoms with Crippen molar-refractivity contribution in [2.45, 2.75) is 37.6 Å². The summed E-state index contributed by atoms with van der Waals surface area (Å²) >= 11 is 0. The lowest BCUT2D eigenvalue weighted by molar-refractivity contribution is 0.216. The van der Waals surface area contributed by atoms with Crippen LogP contribution in [0.3, 0.4) is 0 Å². The predicted molar refractivity (Wildman–Crippen MR) is 62.9 cm³/mol. The highest BCUT2D eigenvalue weighted by atomic mass is 19.2. The Hall–Kier alpha value is -0.960. The summed E-state index contributed by atoms with van der Waals surface area (Å²) in [5.74, 6) is -1.04. The highest BCUT2D eigenvalue weighted by Gasteiger charge is 2.42. The third-order valence-corrected chi connectivity index (χ3v) is 3.99. The summed E-state index contributed by atoms with van der Waals surface area (Å²) in [4.78, 5) is 2.51. The molecule has 1 heterocycles. The van der Waals surface area contributed by atoms with E-state index in [1.54, 1.807) is 6.07 Å². The number of hydrogen-bond acceptors (Lipinski definition) is 1. The Morgan fingerprint density at radius 3 is 2.47 bits per heavy atom. The highest BCUT2D eigenvalue weighted by molar-refractivity contribution is 5.29. The summed E-state index contributed by atoms with van der Waals surface area (Å²) in [7, 11) is 0. The maximum atomic E-state index is 13.1. The minimum Gasteiger partial charge on any atom is -0.300 e. The molecule has 17 heavy (non-hydrogen) atoms. The number of rotatable bonds is 2. The number of hydrogen-bond donors (Lipinski definition) is 0. The fraction of sp³-hybridized carbons (Fsp3) is 0.571. The number of likely N-dealkylation sites (tertiary alicyclic amines) is 1. The minimum atomic E-state index is -0.746. The van der Waals surface area contributed by atoms with Gasteiger partial charge in [-0.3, -0.25) is 4.90 Å². The van der Waals surface area contributed by atoms with Gasteiger partial charge < -0.3 is 0 Å². The van der Waals surface area contributed by atoms with Gasteiger partial charge in [0.25, 0.3) is 0 Å². The van der Waals surface area contributed by atoms with Crippen molar-refractivity contribution in [3.63, 3.8) is 0 Å². The molecule has 0 aromatic heterocycles. The molecule has 0 radical (unpaired) electrons. The van der Waals surface area contributed by atoms with E-state index >= 15 is 0 Å². The number of nitrogens with zero attached hydrogens (tertiary/aromatic N) is 1. The maximum Gasteiger partial charge on any atom is 0.159 e. The summed E-state index contributed by atoms with van der Waals surface area (Å²) in [6, 6.07) is 4.91. The van der Waals surface area contributed by atoms with Crippen LogP contribution in [-0.4, -0.2) is 24.0 Å². The van der Waals surface area contributed by atoms with Crippen LogP contribution in [0, 0.1) is 11.6 Å². The standard InChI is InChI=1S/C14H17F2N/c15-12-5-4-10(8-13(12)16)11-9-14(11)17-6-2-1-3-7-17/h4-5,8,11,14H,1-3,6-7,9H2/t11-,14+/m0/s1. The first kappa shape index (κ1) is 11.1. The van der Waals surface area contributed by atoms with Gasteiger partial charge in [0.2, 0.25) is 0 Å². The van der Waals surface area contributed by atoms with Crippen LogP contribution in [0.4, 0.5) is 8.78 Å². The van der Waals surface area contributed by atoms with Crippen LogP contribution in [0.1, 0.15) is 37.2 Å². The van der Waals surface area contributed by atoms with Crippen molar-refractivity contribution in [3.8, 4) is 0 Å². The molecule has 1 nitrogen and oxygen atoms in total. The second-order valence-electron chi connectivity index (χ2n) is 5.18. The molecule has 1 saturated carbocycles. The Morgan fingerprint density at radius 1 is 1.00 bits per heavy atom. The molecule has 1 saturated heterocycles. The molecule has 0 N–H and O–H groups in total. The lowest BCUT2D eigenvalue weighted by atomic mass is 10.1. The Bertz CT molecular complexity index is 413. The summed E-state index contributed by atoms with van der Waals surface area (Å²) in [6.07, 6.45) is 4.99. The summed E-state index contributed by atoms with van der Waals surface area (Å²) < 4.78 is 26.0. The number of benzene rings is 1. The molecule has 0 unspecified atom stereocenters. The molecular weight excluding hydrogens is 220 g/mol. The molecule has 0 spiro atoms. The zero-order chi connectivity index (χ0) is 11.8. The number of piperidine rings is 1. The third-order valence-electron chi connectivity index (χ3n) is 3.99. The quantitative estimate of drug-likeness (QED) is 0.762. The van der Waals surface area contributed by atoms with Crippen LogP contribution >= 0.6 is 0 Å². The van der Waals surface area contributed by atoms with Crippen molar-refractivity contribution in [2.75, 3.05) is 13.1 Å². The third kappa shape index (κ3) is 2.21. The Kier molecular flexibility index (Phi) is 2.87. The van der Waals surface area contributed by atoms with Crippen molar-refractivity contribution >= 4 is 0 Å². The zero-order valence-corrected chi connectivity index (χ0v) is 9.83. The van der Waals surface area contributed by atoms with Crippen LogP contribution in [0.5, 0.6) is 0 Å². The molecule has 0 bridgehead atoms. The summed E-state index contributed by atoms with van der Waals surface area (Å²) in [5, 5.41) is 0. The van der Waals surface area contributed by atoms with Crippen LogP contribution in [0.2, 0.25) is 0 Å². The molecule has 0 amide bonds. The maximum absolute atomic E-state index is 13.1. The van der Waals surface area contributed by atoms with Crippen LogP contribution < -0.4 is 0 Å².